The lowest BCUT2D eigenvalue weighted by atomic mass is 9.92. The van der Waals surface area contributed by atoms with Crippen LogP contribution in [0.25, 0.3) is 0 Å². The normalized spacial score (nSPS) is 18.0. The van der Waals surface area contributed by atoms with Crippen LogP contribution in [-0.2, 0) is 16.0 Å². The van der Waals surface area contributed by atoms with Crippen molar-refractivity contribution in [2.45, 2.75) is 24.8 Å². The van der Waals surface area contributed by atoms with Crippen molar-refractivity contribution >= 4 is 33.4 Å². The highest BCUT2D eigenvalue weighted by molar-refractivity contribution is 9.10. The molecule has 0 atom stereocenters. The van der Waals surface area contributed by atoms with E-state index in [1.54, 1.807) is 0 Å². The van der Waals surface area contributed by atoms with Gasteiger partial charge in [0.05, 0.1) is 12.0 Å². The number of carbonyl (C=O) groups is 1. The first-order valence-corrected chi connectivity index (χ1v) is 7.65. The Morgan fingerprint density at radius 1 is 1.32 bits per heavy atom. The van der Waals surface area contributed by atoms with Crippen LogP contribution in [0.4, 0.5) is 0 Å². The highest BCUT2D eigenvalue weighted by atomic mass is 79.9. The quantitative estimate of drug-likeness (QED) is 0.851. The van der Waals surface area contributed by atoms with E-state index < -0.39 is 0 Å². The summed E-state index contributed by atoms with van der Waals surface area (Å²) >= 11 is 9.41. The molecule has 1 aromatic rings. The van der Waals surface area contributed by atoms with Gasteiger partial charge < -0.3 is 10.1 Å². The average molecular weight is 347 g/mol. The van der Waals surface area contributed by atoms with Crippen molar-refractivity contribution in [1.82, 2.24) is 5.32 Å². The molecule has 1 fully saturated rings. The summed E-state index contributed by atoms with van der Waals surface area (Å²) in [4.78, 5) is 12.1. The lowest BCUT2D eigenvalue weighted by Crippen LogP contribution is -2.53. The van der Waals surface area contributed by atoms with Crippen LogP contribution in [0.3, 0.4) is 0 Å². The number of benzene rings is 1. The minimum atomic E-state index is -0.299. The molecule has 5 heteroatoms. The molecule has 0 unspecified atom stereocenters. The molecule has 3 nitrogen and oxygen atoms in total. The first-order valence-electron chi connectivity index (χ1n) is 6.33. The summed E-state index contributed by atoms with van der Waals surface area (Å²) in [6.07, 6.45) is 1.94. The largest absolute Gasteiger partial charge is 0.381 e. The number of ether oxygens (including phenoxy) is 1. The molecule has 1 N–H and O–H groups in total. The summed E-state index contributed by atoms with van der Waals surface area (Å²) in [5.74, 6) is 0.451. The highest BCUT2D eigenvalue weighted by Crippen LogP contribution is 2.22. The Morgan fingerprint density at radius 2 is 1.95 bits per heavy atom. The van der Waals surface area contributed by atoms with Gasteiger partial charge in [0.2, 0.25) is 5.91 Å². The molecule has 1 aliphatic heterocycles. The molecular formula is C14H17BrClNO2. The van der Waals surface area contributed by atoms with Crippen molar-refractivity contribution in [2.75, 3.05) is 19.1 Å². The predicted octanol–water partition coefficient (Wildman–Crippen LogP) is 2.90. The Bertz CT molecular complexity index is 430. The van der Waals surface area contributed by atoms with Gasteiger partial charge in [0.25, 0.3) is 0 Å². The fraction of sp³-hybridized carbons (Fsp3) is 0.500. The van der Waals surface area contributed by atoms with E-state index in [2.05, 4.69) is 21.2 Å². The van der Waals surface area contributed by atoms with Gasteiger partial charge in [-0.05, 0) is 30.5 Å². The number of carbonyl (C=O) groups excluding carboxylic acids is 1. The van der Waals surface area contributed by atoms with Crippen LogP contribution in [0.1, 0.15) is 18.4 Å². The third kappa shape index (κ3) is 4.20. The first-order chi connectivity index (χ1) is 9.13. The SMILES string of the molecule is O=C(Cc1ccc(Br)cc1)NC1(CCl)CCOCC1. The fourth-order valence-corrected chi connectivity index (χ4v) is 2.78. The minimum absolute atomic E-state index is 0.0184. The van der Waals surface area contributed by atoms with Gasteiger partial charge in [0.1, 0.15) is 0 Å². The smallest absolute Gasteiger partial charge is 0.224 e. The van der Waals surface area contributed by atoms with Crippen molar-refractivity contribution in [3.05, 3.63) is 34.3 Å². The van der Waals surface area contributed by atoms with E-state index in [1.165, 1.54) is 0 Å². The zero-order chi connectivity index (χ0) is 13.7. The molecule has 1 aliphatic rings. The molecule has 104 valence electrons. The molecule has 1 aromatic carbocycles. The average Bonchev–Trinajstić information content (AvgIpc) is 2.42. The Morgan fingerprint density at radius 3 is 2.53 bits per heavy atom. The molecule has 19 heavy (non-hydrogen) atoms. The standard InChI is InChI=1S/C14H17BrClNO2/c15-12-3-1-11(2-4-12)9-13(18)17-14(10-16)5-7-19-8-6-14/h1-4H,5-10H2,(H,17,18). The van der Waals surface area contributed by atoms with Crippen molar-refractivity contribution in [1.29, 1.82) is 0 Å². The monoisotopic (exact) mass is 345 g/mol. The topological polar surface area (TPSA) is 38.3 Å². The van der Waals surface area contributed by atoms with Gasteiger partial charge >= 0.3 is 0 Å². The van der Waals surface area contributed by atoms with Crippen molar-refractivity contribution in [3.8, 4) is 0 Å². The maximum Gasteiger partial charge on any atom is 0.224 e. The molecule has 0 aliphatic carbocycles. The number of alkyl halides is 1. The van der Waals surface area contributed by atoms with Gasteiger partial charge in [-0.1, -0.05) is 28.1 Å². The van der Waals surface area contributed by atoms with Gasteiger partial charge in [-0.15, -0.1) is 11.6 Å². The number of hydrogen-bond acceptors (Lipinski definition) is 2. The molecule has 1 saturated heterocycles. The lowest BCUT2D eigenvalue weighted by molar-refractivity contribution is -0.123. The summed E-state index contributed by atoms with van der Waals surface area (Å²) in [6.45, 7) is 1.32. The maximum absolute atomic E-state index is 12.1. The zero-order valence-electron chi connectivity index (χ0n) is 10.6. The summed E-state index contributed by atoms with van der Waals surface area (Å²) < 4.78 is 6.34. The van der Waals surface area contributed by atoms with Crippen molar-refractivity contribution in [3.63, 3.8) is 0 Å². The van der Waals surface area contributed by atoms with Crippen LogP contribution >= 0.6 is 27.5 Å². The number of amides is 1. The third-order valence-corrected chi connectivity index (χ3v) is 4.43. The van der Waals surface area contributed by atoms with E-state index in [-0.39, 0.29) is 11.4 Å². The fourth-order valence-electron chi connectivity index (χ4n) is 2.18. The van der Waals surface area contributed by atoms with Gasteiger partial charge in [-0.2, -0.15) is 0 Å². The zero-order valence-corrected chi connectivity index (χ0v) is 13.0. The van der Waals surface area contributed by atoms with Crippen LogP contribution < -0.4 is 5.32 Å². The maximum atomic E-state index is 12.1. The summed E-state index contributed by atoms with van der Waals surface area (Å²) in [6, 6.07) is 7.77. The Balaban J connectivity index is 1.94. The molecule has 0 bridgehead atoms. The van der Waals surface area contributed by atoms with Crippen molar-refractivity contribution in [2.24, 2.45) is 0 Å². The van der Waals surface area contributed by atoms with Gasteiger partial charge in [0, 0.05) is 23.6 Å². The van der Waals surface area contributed by atoms with Crippen LogP contribution in [0, 0.1) is 0 Å². The summed E-state index contributed by atoms with van der Waals surface area (Å²) in [5.41, 5.74) is 0.698. The van der Waals surface area contributed by atoms with E-state index in [4.69, 9.17) is 16.3 Å². The van der Waals surface area contributed by atoms with Gasteiger partial charge in [-0.3, -0.25) is 4.79 Å². The molecule has 0 saturated carbocycles. The van der Waals surface area contributed by atoms with Crippen molar-refractivity contribution < 1.29 is 9.53 Å². The van der Waals surface area contributed by atoms with Crippen LogP contribution in [0.2, 0.25) is 0 Å². The molecule has 0 radical (unpaired) electrons. The van der Waals surface area contributed by atoms with Crippen LogP contribution in [-0.4, -0.2) is 30.5 Å². The molecule has 2 rings (SSSR count). The molecule has 0 aromatic heterocycles. The van der Waals surface area contributed by atoms with E-state index in [1.807, 2.05) is 24.3 Å². The third-order valence-electron chi connectivity index (χ3n) is 3.39. The van der Waals surface area contributed by atoms with E-state index in [0.717, 1.165) is 22.9 Å². The first kappa shape index (κ1) is 14.8. The predicted molar refractivity (Wildman–Crippen MR) is 79.5 cm³/mol. The highest BCUT2D eigenvalue weighted by Gasteiger charge is 2.33. The second-order valence-corrected chi connectivity index (χ2v) is 6.06. The molecule has 1 heterocycles. The van der Waals surface area contributed by atoms with Gasteiger partial charge in [0.15, 0.2) is 0 Å². The number of hydrogen-bond donors (Lipinski definition) is 1. The number of rotatable bonds is 4. The second kappa shape index (κ2) is 6.73. The lowest BCUT2D eigenvalue weighted by Gasteiger charge is -2.36. The molecule has 0 spiro atoms. The van der Waals surface area contributed by atoms with Crippen LogP contribution in [0.15, 0.2) is 28.7 Å². The minimum Gasteiger partial charge on any atom is -0.381 e. The van der Waals surface area contributed by atoms with E-state index in [9.17, 15) is 4.79 Å². The number of nitrogens with one attached hydrogen (secondary N) is 1. The summed E-state index contributed by atoms with van der Waals surface area (Å²) in [7, 11) is 0. The van der Waals surface area contributed by atoms with E-state index >= 15 is 0 Å². The molecular weight excluding hydrogens is 330 g/mol. The number of halogens is 2. The van der Waals surface area contributed by atoms with Crippen LogP contribution in [0.5, 0.6) is 0 Å². The van der Waals surface area contributed by atoms with Gasteiger partial charge in [-0.25, -0.2) is 0 Å². The second-order valence-electron chi connectivity index (χ2n) is 4.88. The Kier molecular flexibility index (Phi) is 5.25. The summed E-state index contributed by atoms with van der Waals surface area (Å²) in [5, 5.41) is 3.08. The molecule has 1 amide bonds. The Labute approximate surface area is 126 Å². The Hall–Kier alpha value is -0.580. The van der Waals surface area contributed by atoms with E-state index in [0.29, 0.717) is 25.5 Å².